The SMILES string of the molecule is CNC1CCCN(C(=S)c2ccn3ccnc3c2)C1.Cc1ccc2[nH]c(CNC=S)cc2c1. The van der Waals surface area contributed by atoms with Gasteiger partial charge in [-0.15, -0.1) is 0 Å². The van der Waals surface area contributed by atoms with E-state index in [9.17, 15) is 0 Å². The zero-order valence-electron chi connectivity index (χ0n) is 19.0. The lowest BCUT2D eigenvalue weighted by Crippen LogP contribution is -2.46. The molecule has 0 amide bonds. The van der Waals surface area contributed by atoms with E-state index in [0.29, 0.717) is 6.04 Å². The Morgan fingerprint density at radius 1 is 1.24 bits per heavy atom. The Bertz CT molecular complexity index is 1240. The average molecular weight is 479 g/mol. The summed E-state index contributed by atoms with van der Waals surface area (Å²) >= 11 is 10.3. The van der Waals surface area contributed by atoms with E-state index < -0.39 is 0 Å². The molecular formula is C25H30N6S2. The molecule has 0 aliphatic carbocycles. The fourth-order valence-electron chi connectivity index (χ4n) is 4.18. The Labute approximate surface area is 205 Å². The molecule has 1 unspecified atom stereocenters. The summed E-state index contributed by atoms with van der Waals surface area (Å²) in [6.45, 7) is 4.91. The third-order valence-corrected chi connectivity index (χ3v) is 6.63. The zero-order valence-corrected chi connectivity index (χ0v) is 20.7. The smallest absolute Gasteiger partial charge is 0.137 e. The minimum absolute atomic E-state index is 0.543. The summed E-state index contributed by atoms with van der Waals surface area (Å²) in [6.07, 6.45) is 8.19. The summed E-state index contributed by atoms with van der Waals surface area (Å²) in [5.74, 6) is 0. The lowest BCUT2D eigenvalue weighted by atomic mass is 10.1. The number of aromatic nitrogens is 3. The van der Waals surface area contributed by atoms with Gasteiger partial charge in [-0.3, -0.25) is 0 Å². The van der Waals surface area contributed by atoms with Gasteiger partial charge in [0.05, 0.1) is 12.0 Å². The van der Waals surface area contributed by atoms with Gasteiger partial charge < -0.3 is 24.9 Å². The maximum absolute atomic E-state index is 5.64. The van der Waals surface area contributed by atoms with Gasteiger partial charge in [0.1, 0.15) is 10.6 Å². The molecule has 4 aromatic rings. The van der Waals surface area contributed by atoms with Crippen molar-refractivity contribution in [3.05, 3.63) is 71.8 Å². The highest BCUT2D eigenvalue weighted by Gasteiger charge is 2.21. The van der Waals surface area contributed by atoms with Gasteiger partial charge in [-0.2, -0.15) is 0 Å². The van der Waals surface area contributed by atoms with Crippen molar-refractivity contribution in [2.45, 2.75) is 32.4 Å². The Kier molecular flexibility index (Phi) is 7.69. The first-order chi connectivity index (χ1) is 16.1. The van der Waals surface area contributed by atoms with Crippen molar-refractivity contribution in [2.24, 2.45) is 0 Å². The summed E-state index contributed by atoms with van der Waals surface area (Å²) < 4.78 is 2.00. The Morgan fingerprint density at radius 2 is 2.12 bits per heavy atom. The van der Waals surface area contributed by atoms with Gasteiger partial charge in [0.15, 0.2) is 0 Å². The number of piperidine rings is 1. The van der Waals surface area contributed by atoms with Gasteiger partial charge in [-0.25, -0.2) is 4.98 Å². The molecule has 1 saturated heterocycles. The fourth-order valence-corrected chi connectivity index (χ4v) is 4.56. The molecule has 0 saturated carbocycles. The summed E-state index contributed by atoms with van der Waals surface area (Å²) in [4.78, 5) is 10.9. The number of imidazole rings is 1. The molecular weight excluding hydrogens is 448 g/mol. The van der Waals surface area contributed by atoms with E-state index in [1.807, 2.05) is 23.8 Å². The molecule has 1 aromatic carbocycles. The number of likely N-dealkylation sites (tertiary alicyclic amines) is 1. The number of benzene rings is 1. The van der Waals surface area contributed by atoms with Gasteiger partial charge in [-0.05, 0) is 62.5 Å². The number of hydrogen-bond donors (Lipinski definition) is 3. The number of pyridine rings is 1. The topological polar surface area (TPSA) is 60.4 Å². The molecule has 8 heteroatoms. The van der Waals surface area contributed by atoms with E-state index in [2.05, 4.69) is 68.8 Å². The number of fused-ring (bicyclic) bond motifs is 2. The lowest BCUT2D eigenvalue weighted by molar-refractivity contribution is 0.289. The summed E-state index contributed by atoms with van der Waals surface area (Å²) in [7, 11) is 2.02. The maximum Gasteiger partial charge on any atom is 0.137 e. The summed E-state index contributed by atoms with van der Waals surface area (Å²) in [5, 5.41) is 7.60. The molecule has 6 nitrogen and oxygen atoms in total. The molecule has 0 radical (unpaired) electrons. The van der Waals surface area contributed by atoms with E-state index in [-0.39, 0.29) is 0 Å². The van der Waals surface area contributed by atoms with E-state index in [4.69, 9.17) is 24.4 Å². The van der Waals surface area contributed by atoms with Crippen LogP contribution in [0.4, 0.5) is 0 Å². The van der Waals surface area contributed by atoms with Gasteiger partial charge >= 0.3 is 0 Å². The normalized spacial score (nSPS) is 15.8. The van der Waals surface area contributed by atoms with Crippen molar-refractivity contribution in [3.63, 3.8) is 0 Å². The third-order valence-electron chi connectivity index (χ3n) is 5.97. The molecule has 0 bridgehead atoms. The van der Waals surface area contributed by atoms with Crippen LogP contribution in [-0.2, 0) is 6.54 Å². The van der Waals surface area contributed by atoms with Gasteiger partial charge in [-0.1, -0.05) is 36.1 Å². The third kappa shape index (κ3) is 5.76. The van der Waals surface area contributed by atoms with Crippen LogP contribution in [0, 0.1) is 6.92 Å². The van der Waals surface area contributed by atoms with Crippen LogP contribution in [0.2, 0.25) is 0 Å². The monoisotopic (exact) mass is 478 g/mol. The van der Waals surface area contributed by atoms with Crippen LogP contribution >= 0.6 is 24.4 Å². The quantitative estimate of drug-likeness (QED) is 0.374. The highest BCUT2D eigenvalue weighted by molar-refractivity contribution is 7.80. The van der Waals surface area contributed by atoms with Gasteiger partial charge in [0.25, 0.3) is 0 Å². The number of hydrogen-bond acceptors (Lipinski definition) is 4. The van der Waals surface area contributed by atoms with Crippen molar-refractivity contribution >= 4 is 51.5 Å². The number of nitrogens with one attached hydrogen (secondary N) is 3. The maximum atomic E-state index is 5.64. The van der Waals surface area contributed by atoms with Crippen LogP contribution in [0.25, 0.3) is 16.6 Å². The van der Waals surface area contributed by atoms with Crippen LogP contribution in [0.1, 0.15) is 29.7 Å². The van der Waals surface area contributed by atoms with Gasteiger partial charge in [0.2, 0.25) is 0 Å². The van der Waals surface area contributed by atoms with Crippen molar-refractivity contribution in [1.82, 2.24) is 29.9 Å². The molecule has 1 aliphatic heterocycles. The second-order valence-electron chi connectivity index (χ2n) is 8.37. The number of nitrogens with zero attached hydrogens (tertiary/aromatic N) is 3. The highest BCUT2D eigenvalue weighted by Crippen LogP contribution is 2.17. The number of H-pyrrole nitrogens is 1. The van der Waals surface area contributed by atoms with Crippen LogP contribution in [0.5, 0.6) is 0 Å². The second kappa shape index (κ2) is 10.9. The Morgan fingerprint density at radius 3 is 2.94 bits per heavy atom. The van der Waals surface area contributed by atoms with Crippen LogP contribution in [-0.4, -0.2) is 55.9 Å². The van der Waals surface area contributed by atoms with E-state index in [1.54, 1.807) is 6.20 Å². The second-order valence-corrected chi connectivity index (χ2v) is 8.99. The zero-order chi connectivity index (χ0) is 23.2. The molecule has 33 heavy (non-hydrogen) atoms. The lowest BCUT2D eigenvalue weighted by Gasteiger charge is -2.34. The molecule has 1 fully saturated rings. The molecule has 3 aromatic heterocycles. The summed E-state index contributed by atoms with van der Waals surface area (Å²) in [6, 6.07) is 13.2. The molecule has 1 atom stereocenters. The number of aryl methyl sites for hydroxylation is 1. The molecule has 0 spiro atoms. The molecule has 4 heterocycles. The standard InChI is InChI=1S/C14H18N4S.C11H12N2S/c1-15-12-3-2-6-18(10-12)14(19)11-4-7-17-8-5-16-13(17)9-11;1-8-2-3-11-9(4-8)5-10(13-11)6-12-7-14/h4-5,7-9,12,15H,2-3,6,10H2,1H3;2-5,7,13H,6H2,1H3,(H,12,14). The van der Waals surface area contributed by atoms with Crippen molar-refractivity contribution in [3.8, 4) is 0 Å². The van der Waals surface area contributed by atoms with E-state index in [1.165, 1.54) is 34.8 Å². The molecule has 5 rings (SSSR count). The fraction of sp³-hybridized carbons (Fsp3) is 0.320. The van der Waals surface area contributed by atoms with Crippen molar-refractivity contribution < 1.29 is 0 Å². The first-order valence-corrected chi connectivity index (χ1v) is 12.1. The van der Waals surface area contributed by atoms with E-state index >= 15 is 0 Å². The Hall–Kier alpha value is -2.81. The van der Waals surface area contributed by atoms with Crippen molar-refractivity contribution in [2.75, 3.05) is 20.1 Å². The highest BCUT2D eigenvalue weighted by atomic mass is 32.1. The van der Waals surface area contributed by atoms with Crippen molar-refractivity contribution in [1.29, 1.82) is 0 Å². The Balaban J connectivity index is 0.000000165. The molecule has 1 aliphatic rings. The number of aromatic amines is 1. The minimum Gasteiger partial charge on any atom is -0.377 e. The number of likely N-dealkylation sites (N-methyl/N-ethyl adjacent to an activating group) is 1. The number of thiocarbonyl (C=S) groups is 2. The molecule has 3 N–H and O–H groups in total. The minimum atomic E-state index is 0.543. The van der Waals surface area contributed by atoms with Crippen LogP contribution in [0.15, 0.2) is 55.0 Å². The predicted octanol–water partition coefficient (Wildman–Crippen LogP) is 4.22. The predicted molar refractivity (Wildman–Crippen MR) is 144 cm³/mol. The average Bonchev–Trinajstić information content (AvgIpc) is 3.48. The van der Waals surface area contributed by atoms with Crippen LogP contribution in [0.3, 0.4) is 0 Å². The van der Waals surface area contributed by atoms with E-state index in [0.717, 1.165) is 41.5 Å². The number of rotatable bonds is 5. The largest absolute Gasteiger partial charge is 0.377 e. The van der Waals surface area contributed by atoms with Gasteiger partial charge in [0, 0.05) is 54.5 Å². The first-order valence-electron chi connectivity index (χ1n) is 11.2. The summed E-state index contributed by atoms with van der Waals surface area (Å²) in [5.41, 5.74) is 7.19. The van der Waals surface area contributed by atoms with Crippen LogP contribution < -0.4 is 10.6 Å². The molecule has 172 valence electrons. The first kappa shape index (κ1) is 23.4.